The Morgan fingerprint density at radius 3 is 2.76 bits per heavy atom. The molecule has 0 aromatic carbocycles. The fourth-order valence-electron chi connectivity index (χ4n) is 1.73. The zero-order valence-corrected chi connectivity index (χ0v) is 9.39. The second-order valence-electron chi connectivity index (χ2n) is 3.77. The van der Waals surface area contributed by atoms with Crippen molar-refractivity contribution in [1.82, 2.24) is 15.4 Å². The highest BCUT2D eigenvalue weighted by Crippen LogP contribution is 2.23. The number of aryl methyl sites for hydroxylation is 1. The minimum atomic E-state index is -0.385. The number of hydrogen-bond donors (Lipinski definition) is 2. The van der Waals surface area contributed by atoms with Crippen LogP contribution in [0.25, 0.3) is 0 Å². The van der Waals surface area contributed by atoms with Crippen LogP contribution in [0.15, 0.2) is 36.9 Å². The van der Waals surface area contributed by atoms with Crippen LogP contribution in [0.5, 0.6) is 0 Å². The molecule has 0 amide bonds. The predicted octanol–water partition coefficient (Wildman–Crippen LogP) is 1.48. The van der Waals surface area contributed by atoms with Gasteiger partial charge in [0.05, 0.1) is 12.2 Å². The van der Waals surface area contributed by atoms with Gasteiger partial charge in [-0.2, -0.15) is 0 Å². The monoisotopic (exact) mass is 232 g/mol. The summed E-state index contributed by atoms with van der Waals surface area (Å²) in [5.41, 5.74) is 5.27. The topological polar surface area (TPSA) is 63.8 Å². The Hall–Kier alpha value is -1.85. The van der Waals surface area contributed by atoms with E-state index in [-0.39, 0.29) is 11.9 Å². The molecule has 0 fully saturated rings. The van der Waals surface area contributed by atoms with Crippen LogP contribution in [0, 0.1) is 12.7 Å². The van der Waals surface area contributed by atoms with Crippen LogP contribution in [0.2, 0.25) is 0 Å². The fourth-order valence-corrected chi connectivity index (χ4v) is 1.73. The first kappa shape index (κ1) is 11.6. The lowest BCUT2D eigenvalue weighted by atomic mass is 9.99. The number of hydrogen-bond acceptors (Lipinski definition) is 4. The van der Waals surface area contributed by atoms with Crippen LogP contribution >= 0.6 is 0 Å². The minimum Gasteiger partial charge on any atom is -0.271 e. The van der Waals surface area contributed by atoms with E-state index >= 15 is 0 Å². The number of aromatic nitrogens is 2. The van der Waals surface area contributed by atoms with E-state index in [9.17, 15) is 4.39 Å². The number of hydrazine groups is 1. The Kier molecular flexibility index (Phi) is 3.41. The number of nitrogens with zero attached hydrogens (tertiary/aromatic N) is 2. The van der Waals surface area contributed by atoms with Crippen molar-refractivity contribution in [2.45, 2.75) is 13.0 Å². The molecule has 2 aromatic rings. The van der Waals surface area contributed by atoms with E-state index in [1.54, 1.807) is 18.6 Å². The van der Waals surface area contributed by atoms with Crippen LogP contribution in [0.3, 0.4) is 0 Å². The summed E-state index contributed by atoms with van der Waals surface area (Å²) >= 11 is 0. The Bertz CT molecular complexity index is 515. The van der Waals surface area contributed by atoms with Crippen molar-refractivity contribution in [3.8, 4) is 0 Å². The molecule has 0 bridgehead atoms. The lowest BCUT2D eigenvalue weighted by molar-refractivity contribution is 0.596. The molecule has 17 heavy (non-hydrogen) atoms. The van der Waals surface area contributed by atoms with E-state index in [0.717, 1.165) is 17.3 Å². The minimum absolute atomic E-state index is 0.313. The van der Waals surface area contributed by atoms with Gasteiger partial charge in [0.25, 0.3) is 0 Å². The van der Waals surface area contributed by atoms with Crippen molar-refractivity contribution in [2.75, 3.05) is 0 Å². The maximum absolute atomic E-state index is 13.1. The molecular weight excluding hydrogens is 219 g/mol. The van der Waals surface area contributed by atoms with Gasteiger partial charge in [-0.15, -0.1) is 0 Å². The third kappa shape index (κ3) is 2.46. The summed E-state index contributed by atoms with van der Waals surface area (Å²) in [6, 6.07) is 2.98. The summed E-state index contributed by atoms with van der Waals surface area (Å²) < 4.78 is 13.1. The zero-order valence-electron chi connectivity index (χ0n) is 9.39. The van der Waals surface area contributed by atoms with Gasteiger partial charge >= 0.3 is 0 Å². The second-order valence-corrected chi connectivity index (χ2v) is 3.77. The van der Waals surface area contributed by atoms with E-state index in [1.807, 2.05) is 13.0 Å². The fraction of sp³-hybridized carbons (Fsp3) is 0.167. The lowest BCUT2D eigenvalue weighted by Gasteiger charge is -2.18. The average Bonchev–Trinajstić information content (AvgIpc) is 2.33. The summed E-state index contributed by atoms with van der Waals surface area (Å²) in [5, 5.41) is 0. The number of nitrogens with one attached hydrogen (secondary N) is 1. The molecule has 4 nitrogen and oxygen atoms in total. The third-order valence-corrected chi connectivity index (χ3v) is 2.62. The van der Waals surface area contributed by atoms with Gasteiger partial charge < -0.3 is 0 Å². The van der Waals surface area contributed by atoms with E-state index < -0.39 is 0 Å². The standard InChI is InChI=1S/C12H13FN4/c1-8-2-3-15-7-11(8)12(17-14)9-4-10(13)6-16-5-9/h2-7,12,17H,14H2,1H3. The molecule has 0 aliphatic carbocycles. The quantitative estimate of drug-likeness (QED) is 0.621. The average molecular weight is 232 g/mol. The van der Waals surface area contributed by atoms with Gasteiger partial charge in [0.2, 0.25) is 0 Å². The van der Waals surface area contributed by atoms with Crippen LogP contribution in [0.1, 0.15) is 22.7 Å². The maximum atomic E-state index is 13.1. The van der Waals surface area contributed by atoms with Gasteiger partial charge in [-0.05, 0) is 35.7 Å². The predicted molar refractivity (Wildman–Crippen MR) is 62.3 cm³/mol. The molecule has 2 aromatic heterocycles. The lowest BCUT2D eigenvalue weighted by Crippen LogP contribution is -2.29. The molecule has 3 N–H and O–H groups in total. The summed E-state index contributed by atoms with van der Waals surface area (Å²) in [7, 11) is 0. The van der Waals surface area contributed by atoms with Gasteiger partial charge in [-0.1, -0.05) is 0 Å². The van der Waals surface area contributed by atoms with E-state index in [2.05, 4.69) is 15.4 Å². The zero-order chi connectivity index (χ0) is 12.3. The molecule has 2 heterocycles. The first-order valence-corrected chi connectivity index (χ1v) is 5.19. The van der Waals surface area contributed by atoms with E-state index in [4.69, 9.17) is 5.84 Å². The molecule has 0 saturated carbocycles. The molecule has 2 rings (SSSR count). The van der Waals surface area contributed by atoms with Crippen LogP contribution in [0.4, 0.5) is 4.39 Å². The van der Waals surface area contributed by atoms with Crippen LogP contribution < -0.4 is 11.3 Å². The van der Waals surface area contributed by atoms with Crippen molar-refractivity contribution >= 4 is 0 Å². The van der Waals surface area contributed by atoms with Crippen molar-refractivity contribution in [2.24, 2.45) is 5.84 Å². The Morgan fingerprint density at radius 1 is 1.29 bits per heavy atom. The van der Waals surface area contributed by atoms with Gasteiger partial charge in [-0.25, -0.2) is 9.82 Å². The normalized spacial score (nSPS) is 12.4. The largest absolute Gasteiger partial charge is 0.271 e. The number of nitrogens with two attached hydrogens (primary N) is 1. The highest BCUT2D eigenvalue weighted by Gasteiger charge is 2.15. The molecular formula is C12H13FN4. The van der Waals surface area contributed by atoms with Gasteiger partial charge in [0, 0.05) is 18.6 Å². The summed E-state index contributed by atoms with van der Waals surface area (Å²) in [4.78, 5) is 7.87. The summed E-state index contributed by atoms with van der Waals surface area (Å²) in [6.07, 6.45) is 6.16. The smallest absolute Gasteiger partial charge is 0.141 e. The highest BCUT2D eigenvalue weighted by molar-refractivity contribution is 5.33. The number of pyridine rings is 2. The van der Waals surface area contributed by atoms with Crippen LogP contribution in [-0.2, 0) is 0 Å². The third-order valence-electron chi connectivity index (χ3n) is 2.62. The highest BCUT2D eigenvalue weighted by atomic mass is 19.1. The summed E-state index contributed by atoms with van der Waals surface area (Å²) in [5.74, 6) is 5.14. The number of rotatable bonds is 3. The molecule has 0 spiro atoms. The Balaban J connectivity index is 2.44. The maximum Gasteiger partial charge on any atom is 0.141 e. The van der Waals surface area contributed by atoms with Gasteiger partial charge in [-0.3, -0.25) is 15.8 Å². The van der Waals surface area contributed by atoms with E-state index in [0.29, 0.717) is 5.56 Å². The molecule has 0 radical (unpaired) electrons. The van der Waals surface area contributed by atoms with Crippen LogP contribution in [-0.4, -0.2) is 9.97 Å². The second kappa shape index (κ2) is 4.99. The first-order valence-electron chi connectivity index (χ1n) is 5.19. The van der Waals surface area contributed by atoms with E-state index in [1.165, 1.54) is 6.07 Å². The Labute approximate surface area is 98.7 Å². The Morgan fingerprint density at radius 2 is 2.12 bits per heavy atom. The molecule has 0 aliphatic heterocycles. The van der Waals surface area contributed by atoms with Gasteiger partial charge in [0.15, 0.2) is 0 Å². The molecule has 1 atom stereocenters. The molecule has 0 aliphatic rings. The SMILES string of the molecule is Cc1ccncc1C(NN)c1cncc(F)c1. The molecule has 1 unspecified atom stereocenters. The molecule has 0 saturated heterocycles. The molecule has 5 heteroatoms. The molecule has 88 valence electrons. The first-order chi connectivity index (χ1) is 8.22. The van der Waals surface area contributed by atoms with Crippen molar-refractivity contribution in [3.05, 3.63) is 59.4 Å². The van der Waals surface area contributed by atoms with Crippen molar-refractivity contribution in [1.29, 1.82) is 0 Å². The van der Waals surface area contributed by atoms with Crippen molar-refractivity contribution in [3.63, 3.8) is 0 Å². The summed E-state index contributed by atoms with van der Waals surface area (Å²) in [6.45, 7) is 1.95. The van der Waals surface area contributed by atoms with Gasteiger partial charge in [0.1, 0.15) is 5.82 Å². The van der Waals surface area contributed by atoms with Crippen molar-refractivity contribution < 1.29 is 4.39 Å². The number of halogens is 1.